The van der Waals surface area contributed by atoms with Gasteiger partial charge in [0, 0.05) is 19.2 Å². The standard InChI is InChI=1S/C12H27NO2S/c1-10(2)8-15-9-12(14)7-13-11(3)5-6-16-4/h10-14H,5-9H2,1-4H3. The fourth-order valence-corrected chi connectivity index (χ4v) is 1.82. The van der Waals surface area contributed by atoms with Gasteiger partial charge in [0.05, 0.1) is 12.7 Å². The highest BCUT2D eigenvalue weighted by atomic mass is 32.2. The van der Waals surface area contributed by atoms with Gasteiger partial charge in [0.15, 0.2) is 0 Å². The first-order valence-corrected chi connectivity index (χ1v) is 7.43. The fourth-order valence-electron chi connectivity index (χ4n) is 1.23. The fraction of sp³-hybridized carbons (Fsp3) is 1.00. The van der Waals surface area contributed by atoms with Gasteiger partial charge in [-0.3, -0.25) is 0 Å². The van der Waals surface area contributed by atoms with Crippen molar-refractivity contribution >= 4 is 11.8 Å². The molecule has 2 atom stereocenters. The Balaban J connectivity index is 3.38. The van der Waals surface area contributed by atoms with Crippen molar-refractivity contribution in [3.05, 3.63) is 0 Å². The smallest absolute Gasteiger partial charge is 0.0897 e. The molecular formula is C12H27NO2S. The minimum atomic E-state index is -0.393. The number of aliphatic hydroxyl groups excluding tert-OH is 1. The molecule has 0 aromatic heterocycles. The lowest BCUT2D eigenvalue weighted by molar-refractivity contribution is 0.0252. The van der Waals surface area contributed by atoms with Gasteiger partial charge in [0.25, 0.3) is 0 Å². The zero-order valence-corrected chi connectivity index (χ0v) is 11.8. The molecule has 4 heteroatoms. The lowest BCUT2D eigenvalue weighted by atomic mass is 10.2. The largest absolute Gasteiger partial charge is 0.389 e. The van der Waals surface area contributed by atoms with E-state index < -0.39 is 6.10 Å². The van der Waals surface area contributed by atoms with Crippen LogP contribution in [0.4, 0.5) is 0 Å². The molecule has 3 nitrogen and oxygen atoms in total. The molecule has 0 saturated heterocycles. The van der Waals surface area contributed by atoms with Gasteiger partial charge in [-0.25, -0.2) is 0 Å². The van der Waals surface area contributed by atoms with E-state index in [0.717, 1.165) is 18.8 Å². The van der Waals surface area contributed by atoms with E-state index in [9.17, 15) is 5.11 Å². The molecule has 0 aliphatic heterocycles. The summed E-state index contributed by atoms with van der Waals surface area (Å²) in [5, 5.41) is 13.0. The third kappa shape index (κ3) is 10.7. The van der Waals surface area contributed by atoms with Gasteiger partial charge in [-0.2, -0.15) is 11.8 Å². The summed E-state index contributed by atoms with van der Waals surface area (Å²) in [6, 6.07) is 0.465. The van der Waals surface area contributed by atoms with Crippen LogP contribution in [0.5, 0.6) is 0 Å². The van der Waals surface area contributed by atoms with Crippen LogP contribution in [0.25, 0.3) is 0 Å². The average Bonchev–Trinajstić information content (AvgIpc) is 2.23. The summed E-state index contributed by atoms with van der Waals surface area (Å²) in [5.74, 6) is 1.69. The van der Waals surface area contributed by atoms with Crippen LogP contribution in [0.3, 0.4) is 0 Å². The number of thioether (sulfide) groups is 1. The van der Waals surface area contributed by atoms with Gasteiger partial charge in [0.2, 0.25) is 0 Å². The summed E-state index contributed by atoms with van der Waals surface area (Å²) < 4.78 is 5.38. The maximum atomic E-state index is 9.64. The highest BCUT2D eigenvalue weighted by molar-refractivity contribution is 7.98. The molecule has 0 rings (SSSR count). The van der Waals surface area contributed by atoms with Crippen LogP contribution in [-0.2, 0) is 4.74 Å². The molecule has 0 saturated carbocycles. The van der Waals surface area contributed by atoms with Gasteiger partial charge in [-0.15, -0.1) is 0 Å². The molecular weight excluding hydrogens is 222 g/mol. The number of rotatable bonds is 10. The second-order valence-electron chi connectivity index (χ2n) is 4.68. The number of aliphatic hydroxyl groups is 1. The normalized spacial score (nSPS) is 15.4. The number of hydrogen-bond acceptors (Lipinski definition) is 4. The lowest BCUT2D eigenvalue weighted by Gasteiger charge is -2.17. The molecule has 16 heavy (non-hydrogen) atoms. The van der Waals surface area contributed by atoms with E-state index in [1.807, 2.05) is 11.8 Å². The van der Waals surface area contributed by atoms with Crippen molar-refractivity contribution in [2.75, 3.05) is 31.8 Å². The Morgan fingerprint density at radius 2 is 1.94 bits per heavy atom. The third-order valence-electron chi connectivity index (χ3n) is 2.22. The minimum absolute atomic E-state index is 0.393. The van der Waals surface area contributed by atoms with E-state index in [1.165, 1.54) is 0 Å². The summed E-state index contributed by atoms with van der Waals surface area (Å²) in [6.45, 7) is 8.13. The molecule has 0 spiro atoms. The summed E-state index contributed by atoms with van der Waals surface area (Å²) in [5.41, 5.74) is 0. The molecule has 0 bridgehead atoms. The first kappa shape index (κ1) is 16.2. The van der Waals surface area contributed by atoms with Gasteiger partial charge >= 0.3 is 0 Å². The molecule has 0 fully saturated rings. The van der Waals surface area contributed by atoms with Crippen molar-refractivity contribution in [3.8, 4) is 0 Å². The van der Waals surface area contributed by atoms with Crippen LogP contribution >= 0.6 is 11.8 Å². The topological polar surface area (TPSA) is 41.5 Å². The first-order valence-electron chi connectivity index (χ1n) is 6.04. The van der Waals surface area contributed by atoms with Gasteiger partial charge in [-0.05, 0) is 31.3 Å². The average molecular weight is 249 g/mol. The molecule has 0 aliphatic carbocycles. The second-order valence-corrected chi connectivity index (χ2v) is 5.66. The van der Waals surface area contributed by atoms with Crippen LogP contribution in [0.15, 0.2) is 0 Å². The third-order valence-corrected chi connectivity index (χ3v) is 2.86. The molecule has 0 aromatic carbocycles. The zero-order chi connectivity index (χ0) is 12.4. The summed E-state index contributed by atoms with van der Waals surface area (Å²) in [7, 11) is 0. The van der Waals surface area contributed by atoms with E-state index in [-0.39, 0.29) is 0 Å². The van der Waals surface area contributed by atoms with Crippen LogP contribution in [0, 0.1) is 5.92 Å². The summed E-state index contributed by atoms with van der Waals surface area (Å²) >= 11 is 1.85. The predicted octanol–water partition coefficient (Wildman–Crippen LogP) is 1.75. The van der Waals surface area contributed by atoms with E-state index in [4.69, 9.17) is 4.74 Å². The predicted molar refractivity (Wildman–Crippen MR) is 72.1 cm³/mol. The van der Waals surface area contributed by atoms with Crippen molar-refractivity contribution in [1.29, 1.82) is 0 Å². The van der Waals surface area contributed by atoms with Crippen LogP contribution < -0.4 is 5.32 Å². The van der Waals surface area contributed by atoms with Crippen molar-refractivity contribution in [2.45, 2.75) is 39.3 Å². The monoisotopic (exact) mass is 249 g/mol. The van der Waals surface area contributed by atoms with Crippen LogP contribution in [0.2, 0.25) is 0 Å². The van der Waals surface area contributed by atoms with Crippen LogP contribution in [0.1, 0.15) is 27.2 Å². The number of nitrogens with one attached hydrogen (secondary N) is 1. The van der Waals surface area contributed by atoms with Crippen molar-refractivity contribution in [2.24, 2.45) is 5.92 Å². The second kappa shape index (κ2) is 10.4. The summed E-state index contributed by atoms with van der Waals surface area (Å²) in [4.78, 5) is 0. The Kier molecular flexibility index (Phi) is 10.5. The van der Waals surface area contributed by atoms with Crippen molar-refractivity contribution in [1.82, 2.24) is 5.32 Å². The Morgan fingerprint density at radius 1 is 1.25 bits per heavy atom. The van der Waals surface area contributed by atoms with Gasteiger partial charge in [0.1, 0.15) is 0 Å². The van der Waals surface area contributed by atoms with E-state index in [2.05, 4.69) is 32.3 Å². The SMILES string of the molecule is CSCCC(C)NCC(O)COCC(C)C. The Morgan fingerprint density at radius 3 is 2.50 bits per heavy atom. The van der Waals surface area contributed by atoms with E-state index >= 15 is 0 Å². The number of ether oxygens (including phenoxy) is 1. The minimum Gasteiger partial charge on any atom is -0.389 e. The van der Waals surface area contributed by atoms with Crippen LogP contribution in [-0.4, -0.2) is 49.0 Å². The molecule has 0 radical (unpaired) electrons. The Labute approximate surface area is 104 Å². The lowest BCUT2D eigenvalue weighted by Crippen LogP contribution is -2.36. The van der Waals surface area contributed by atoms with E-state index in [0.29, 0.717) is 25.1 Å². The van der Waals surface area contributed by atoms with Gasteiger partial charge in [-0.1, -0.05) is 13.8 Å². The first-order chi connectivity index (χ1) is 7.56. The molecule has 2 unspecified atom stereocenters. The zero-order valence-electron chi connectivity index (χ0n) is 11.0. The Bertz CT molecular complexity index is 156. The van der Waals surface area contributed by atoms with E-state index in [1.54, 1.807) is 0 Å². The summed E-state index contributed by atoms with van der Waals surface area (Å²) in [6.07, 6.45) is 2.86. The number of hydrogen-bond donors (Lipinski definition) is 2. The van der Waals surface area contributed by atoms with Crippen molar-refractivity contribution in [3.63, 3.8) is 0 Å². The van der Waals surface area contributed by atoms with Gasteiger partial charge < -0.3 is 15.2 Å². The quantitative estimate of drug-likeness (QED) is 0.619. The maximum Gasteiger partial charge on any atom is 0.0897 e. The molecule has 98 valence electrons. The highest BCUT2D eigenvalue weighted by Gasteiger charge is 2.07. The van der Waals surface area contributed by atoms with Crippen molar-refractivity contribution < 1.29 is 9.84 Å². The maximum absolute atomic E-state index is 9.64. The molecule has 0 amide bonds. The molecule has 0 aliphatic rings. The molecule has 0 aromatic rings. The molecule has 2 N–H and O–H groups in total. The highest BCUT2D eigenvalue weighted by Crippen LogP contribution is 2.00. The Hall–Kier alpha value is 0.230. The molecule has 0 heterocycles.